The molecular formula is C15H20N2O3S. The minimum absolute atomic E-state index is 0.0630. The predicted octanol–water partition coefficient (Wildman–Crippen LogP) is 0.681. The van der Waals surface area contributed by atoms with Gasteiger partial charge in [0.1, 0.15) is 0 Å². The zero-order valence-electron chi connectivity index (χ0n) is 11.9. The standard InChI is InChI=1S/C15H20N2O3S/c16-21(19,20)10-11-7-15(18)17(9-11)14-6-5-12-3-1-2-4-13(12)8-14/h1-4,11,14H,5-10H2,(H2,16,19,20). The maximum atomic E-state index is 12.2. The van der Waals surface area contributed by atoms with Crippen molar-refractivity contribution in [1.29, 1.82) is 0 Å². The number of nitrogens with two attached hydrogens (primary N) is 1. The van der Waals surface area contributed by atoms with Crippen molar-refractivity contribution >= 4 is 15.9 Å². The number of nitrogens with zero attached hydrogens (tertiary/aromatic N) is 1. The van der Waals surface area contributed by atoms with Crippen LogP contribution in [-0.2, 0) is 27.7 Å². The summed E-state index contributed by atoms with van der Waals surface area (Å²) in [5.41, 5.74) is 2.66. The number of sulfonamides is 1. The van der Waals surface area contributed by atoms with Crippen LogP contribution in [0.4, 0.5) is 0 Å². The van der Waals surface area contributed by atoms with Gasteiger partial charge >= 0.3 is 0 Å². The molecule has 5 nitrogen and oxygen atoms in total. The molecule has 21 heavy (non-hydrogen) atoms. The number of carbonyl (C=O) groups excluding carboxylic acids is 1. The van der Waals surface area contributed by atoms with Crippen LogP contribution in [0.2, 0.25) is 0 Å². The molecule has 0 aromatic heterocycles. The lowest BCUT2D eigenvalue weighted by molar-refractivity contribution is -0.129. The molecule has 1 heterocycles. The Labute approximate surface area is 125 Å². The molecule has 0 saturated carbocycles. The maximum Gasteiger partial charge on any atom is 0.223 e. The van der Waals surface area contributed by atoms with Crippen molar-refractivity contribution in [3.63, 3.8) is 0 Å². The number of fused-ring (bicyclic) bond motifs is 1. The van der Waals surface area contributed by atoms with E-state index in [1.807, 2.05) is 17.0 Å². The maximum absolute atomic E-state index is 12.2. The summed E-state index contributed by atoms with van der Waals surface area (Å²) in [5, 5.41) is 5.09. The second-order valence-electron chi connectivity index (χ2n) is 6.11. The molecule has 1 aromatic rings. The first-order valence-corrected chi connectivity index (χ1v) is 9.00. The van der Waals surface area contributed by atoms with Crippen LogP contribution >= 0.6 is 0 Å². The molecule has 6 heteroatoms. The van der Waals surface area contributed by atoms with Gasteiger partial charge in [-0.1, -0.05) is 24.3 Å². The van der Waals surface area contributed by atoms with Crippen LogP contribution in [0.5, 0.6) is 0 Å². The molecule has 1 fully saturated rings. The molecule has 1 saturated heterocycles. The monoisotopic (exact) mass is 308 g/mol. The molecule has 2 unspecified atom stereocenters. The van der Waals surface area contributed by atoms with E-state index >= 15 is 0 Å². The number of benzene rings is 1. The lowest BCUT2D eigenvalue weighted by Gasteiger charge is -2.32. The van der Waals surface area contributed by atoms with E-state index in [0.717, 1.165) is 19.3 Å². The number of hydrogen-bond donors (Lipinski definition) is 1. The van der Waals surface area contributed by atoms with E-state index in [-0.39, 0.29) is 23.6 Å². The van der Waals surface area contributed by atoms with Crippen LogP contribution in [0, 0.1) is 5.92 Å². The van der Waals surface area contributed by atoms with E-state index in [1.165, 1.54) is 11.1 Å². The van der Waals surface area contributed by atoms with Crippen LogP contribution in [0.3, 0.4) is 0 Å². The zero-order chi connectivity index (χ0) is 15.0. The molecule has 0 radical (unpaired) electrons. The van der Waals surface area contributed by atoms with Gasteiger partial charge in [0, 0.05) is 24.9 Å². The van der Waals surface area contributed by atoms with Crippen molar-refractivity contribution in [3.8, 4) is 0 Å². The number of rotatable bonds is 3. The number of primary sulfonamides is 1. The van der Waals surface area contributed by atoms with Gasteiger partial charge in [-0.25, -0.2) is 13.6 Å². The van der Waals surface area contributed by atoms with Gasteiger partial charge in [-0.2, -0.15) is 0 Å². The first-order valence-electron chi connectivity index (χ1n) is 7.29. The first kappa shape index (κ1) is 14.5. The average molecular weight is 308 g/mol. The van der Waals surface area contributed by atoms with Crippen molar-refractivity contribution in [2.45, 2.75) is 31.7 Å². The second kappa shape index (κ2) is 5.42. The highest BCUT2D eigenvalue weighted by molar-refractivity contribution is 7.89. The summed E-state index contributed by atoms with van der Waals surface area (Å²) in [6.45, 7) is 0.516. The van der Waals surface area contributed by atoms with Gasteiger partial charge in [0.15, 0.2) is 0 Å². The third-order valence-electron chi connectivity index (χ3n) is 4.47. The fourth-order valence-electron chi connectivity index (χ4n) is 3.55. The van der Waals surface area contributed by atoms with Gasteiger partial charge in [-0.3, -0.25) is 4.79 Å². The molecule has 1 aliphatic carbocycles. The summed E-state index contributed by atoms with van der Waals surface area (Å²) in [4.78, 5) is 14.0. The van der Waals surface area contributed by atoms with Gasteiger partial charge in [-0.05, 0) is 30.4 Å². The van der Waals surface area contributed by atoms with Crippen LogP contribution < -0.4 is 5.14 Å². The molecule has 2 N–H and O–H groups in total. The van der Waals surface area contributed by atoms with E-state index in [9.17, 15) is 13.2 Å². The van der Waals surface area contributed by atoms with Crippen molar-refractivity contribution in [3.05, 3.63) is 35.4 Å². The summed E-state index contributed by atoms with van der Waals surface area (Å²) in [6.07, 6.45) is 3.09. The Morgan fingerprint density at radius 1 is 1.19 bits per heavy atom. The highest BCUT2D eigenvalue weighted by Gasteiger charge is 2.36. The first-order chi connectivity index (χ1) is 9.92. The number of carbonyl (C=O) groups is 1. The zero-order valence-corrected chi connectivity index (χ0v) is 12.7. The Kier molecular flexibility index (Phi) is 3.75. The molecule has 2 aliphatic rings. The Bertz CT molecular complexity index is 657. The van der Waals surface area contributed by atoms with Crippen molar-refractivity contribution in [1.82, 2.24) is 4.90 Å². The summed E-state index contributed by atoms with van der Waals surface area (Å²) in [6, 6.07) is 8.52. The number of likely N-dealkylation sites (tertiary alicyclic amines) is 1. The largest absolute Gasteiger partial charge is 0.339 e. The summed E-state index contributed by atoms with van der Waals surface area (Å²) < 4.78 is 22.4. The van der Waals surface area contributed by atoms with Crippen molar-refractivity contribution in [2.75, 3.05) is 12.3 Å². The fourth-order valence-corrected chi connectivity index (χ4v) is 4.43. The SMILES string of the molecule is NS(=O)(=O)CC1CC(=O)N(C2CCc3ccccc3C2)C1. The molecular weight excluding hydrogens is 288 g/mol. The van der Waals surface area contributed by atoms with Crippen molar-refractivity contribution < 1.29 is 13.2 Å². The smallest absolute Gasteiger partial charge is 0.223 e. The molecule has 0 spiro atoms. The summed E-state index contributed by atoms with van der Waals surface area (Å²) in [5.74, 6) is -0.198. The summed E-state index contributed by atoms with van der Waals surface area (Å²) in [7, 11) is -3.51. The van der Waals surface area contributed by atoms with Crippen molar-refractivity contribution in [2.24, 2.45) is 11.1 Å². The molecule has 2 atom stereocenters. The molecule has 1 amide bonds. The third-order valence-corrected chi connectivity index (χ3v) is 5.40. The second-order valence-corrected chi connectivity index (χ2v) is 7.77. The van der Waals surface area contributed by atoms with E-state index in [1.54, 1.807) is 0 Å². The van der Waals surface area contributed by atoms with E-state index in [0.29, 0.717) is 13.0 Å². The quantitative estimate of drug-likeness (QED) is 0.891. The molecule has 1 aliphatic heterocycles. The normalized spacial score (nSPS) is 26.0. The van der Waals surface area contributed by atoms with Gasteiger partial charge in [0.2, 0.25) is 15.9 Å². The molecule has 1 aromatic carbocycles. The Hall–Kier alpha value is -1.40. The van der Waals surface area contributed by atoms with Crippen LogP contribution in [-0.4, -0.2) is 37.6 Å². The highest BCUT2D eigenvalue weighted by Crippen LogP contribution is 2.29. The van der Waals surface area contributed by atoms with E-state index < -0.39 is 10.0 Å². The van der Waals surface area contributed by atoms with Crippen LogP contribution in [0.1, 0.15) is 24.0 Å². The number of hydrogen-bond acceptors (Lipinski definition) is 3. The summed E-state index contributed by atoms with van der Waals surface area (Å²) >= 11 is 0. The third kappa shape index (κ3) is 3.27. The topological polar surface area (TPSA) is 80.5 Å². The van der Waals surface area contributed by atoms with Crippen LogP contribution in [0.25, 0.3) is 0 Å². The average Bonchev–Trinajstić information content (AvgIpc) is 2.76. The minimum Gasteiger partial charge on any atom is -0.339 e. The Balaban J connectivity index is 1.70. The lowest BCUT2D eigenvalue weighted by Crippen LogP contribution is -2.40. The highest BCUT2D eigenvalue weighted by atomic mass is 32.2. The van der Waals surface area contributed by atoms with E-state index in [2.05, 4.69) is 12.1 Å². The minimum atomic E-state index is -3.51. The van der Waals surface area contributed by atoms with Gasteiger partial charge < -0.3 is 4.90 Å². The van der Waals surface area contributed by atoms with Gasteiger partial charge in [-0.15, -0.1) is 0 Å². The van der Waals surface area contributed by atoms with E-state index in [4.69, 9.17) is 5.14 Å². The molecule has 3 rings (SSSR count). The molecule has 114 valence electrons. The van der Waals surface area contributed by atoms with Gasteiger partial charge in [0.25, 0.3) is 0 Å². The lowest BCUT2D eigenvalue weighted by atomic mass is 9.87. The Morgan fingerprint density at radius 2 is 1.90 bits per heavy atom. The Morgan fingerprint density at radius 3 is 2.62 bits per heavy atom. The van der Waals surface area contributed by atoms with Gasteiger partial charge in [0.05, 0.1) is 5.75 Å². The number of amides is 1. The van der Waals surface area contributed by atoms with Crippen LogP contribution in [0.15, 0.2) is 24.3 Å². The fraction of sp³-hybridized carbons (Fsp3) is 0.533. The molecule has 0 bridgehead atoms. The number of aryl methyl sites for hydroxylation is 1. The predicted molar refractivity (Wildman–Crippen MR) is 80.0 cm³/mol.